The number of anilines is 1. The maximum atomic E-state index is 14.2. The summed E-state index contributed by atoms with van der Waals surface area (Å²) in [5.74, 6) is -1.56. The monoisotopic (exact) mass is 343 g/mol. The number of benzene rings is 1. The molecule has 5 nitrogen and oxygen atoms in total. The minimum absolute atomic E-state index is 0.0154. The van der Waals surface area contributed by atoms with E-state index in [1.807, 2.05) is 0 Å². The van der Waals surface area contributed by atoms with E-state index in [-0.39, 0.29) is 17.4 Å². The molecule has 2 aromatic heterocycles. The summed E-state index contributed by atoms with van der Waals surface area (Å²) in [6.07, 6.45) is 5.00. The van der Waals surface area contributed by atoms with Gasteiger partial charge in [-0.2, -0.15) is 0 Å². The maximum absolute atomic E-state index is 14.2. The summed E-state index contributed by atoms with van der Waals surface area (Å²) < 4.78 is 29.5. The van der Waals surface area contributed by atoms with Gasteiger partial charge in [0.05, 0.1) is 12.8 Å². The van der Waals surface area contributed by atoms with Gasteiger partial charge in [-0.15, -0.1) is 0 Å². The molecule has 1 aliphatic carbocycles. The number of rotatable bonds is 4. The van der Waals surface area contributed by atoms with Gasteiger partial charge in [-0.3, -0.25) is 4.79 Å². The lowest BCUT2D eigenvalue weighted by Gasteiger charge is -2.10. The van der Waals surface area contributed by atoms with Crippen molar-refractivity contribution < 1.29 is 18.7 Å². The van der Waals surface area contributed by atoms with Gasteiger partial charge in [-0.25, -0.2) is 13.8 Å². The molecule has 0 radical (unpaired) electrons. The number of amides is 1. The van der Waals surface area contributed by atoms with Gasteiger partial charge < -0.3 is 14.8 Å². The topological polar surface area (TPSA) is 66.6 Å². The van der Waals surface area contributed by atoms with Crippen molar-refractivity contribution in [2.45, 2.75) is 19.4 Å². The summed E-state index contributed by atoms with van der Waals surface area (Å²) in [4.78, 5) is 16.1. The Labute approximate surface area is 141 Å². The van der Waals surface area contributed by atoms with Crippen molar-refractivity contribution in [3.63, 3.8) is 0 Å². The fourth-order valence-electron chi connectivity index (χ4n) is 2.81. The molecule has 1 fully saturated rings. The summed E-state index contributed by atoms with van der Waals surface area (Å²) in [5, 5.41) is 12.2. The van der Waals surface area contributed by atoms with E-state index in [0.717, 1.165) is 18.9 Å². The zero-order chi connectivity index (χ0) is 17.6. The van der Waals surface area contributed by atoms with Crippen LogP contribution in [0.3, 0.4) is 0 Å². The lowest BCUT2D eigenvalue weighted by molar-refractivity contribution is -0.117. The summed E-state index contributed by atoms with van der Waals surface area (Å²) in [6, 6.07) is 5.60. The van der Waals surface area contributed by atoms with Crippen molar-refractivity contribution in [3.8, 4) is 11.1 Å². The zero-order valence-electron chi connectivity index (χ0n) is 13.2. The quantitative estimate of drug-likeness (QED) is 0.765. The van der Waals surface area contributed by atoms with Crippen LogP contribution in [0.4, 0.5) is 14.6 Å². The van der Waals surface area contributed by atoms with E-state index in [2.05, 4.69) is 10.3 Å². The van der Waals surface area contributed by atoms with Gasteiger partial charge in [-0.1, -0.05) is 6.07 Å². The normalized spacial score (nSPS) is 14.0. The average molecular weight is 343 g/mol. The van der Waals surface area contributed by atoms with Gasteiger partial charge in [0.25, 0.3) is 0 Å². The first-order valence-corrected chi connectivity index (χ1v) is 7.94. The lowest BCUT2D eigenvalue weighted by Crippen LogP contribution is -2.13. The molecular formula is C18H15F2N3O2. The molecule has 1 aromatic carbocycles. The first kappa shape index (κ1) is 15.7. The Kier molecular flexibility index (Phi) is 3.73. The predicted molar refractivity (Wildman–Crippen MR) is 87.8 cm³/mol. The number of fused-ring (bicyclic) bond motifs is 1. The number of carbonyl (C=O) groups excluding carboxylic acids is 1. The van der Waals surface area contributed by atoms with Crippen LogP contribution in [0, 0.1) is 17.6 Å². The molecule has 2 heterocycles. The molecule has 4 rings (SSSR count). The third-order valence-electron chi connectivity index (χ3n) is 4.29. The summed E-state index contributed by atoms with van der Waals surface area (Å²) in [6.45, 7) is -0.406. The van der Waals surface area contributed by atoms with Crippen molar-refractivity contribution in [2.75, 3.05) is 5.32 Å². The van der Waals surface area contributed by atoms with Crippen LogP contribution in [0.2, 0.25) is 0 Å². The Hall–Kier alpha value is -2.80. The SMILES string of the molecule is O=C(Nc1cn2cc(-c3c(CO)ccc(F)c3F)ccc2n1)C1CC1. The number of nitrogens with zero attached hydrogens (tertiary/aromatic N) is 2. The molecule has 1 saturated carbocycles. The zero-order valence-corrected chi connectivity index (χ0v) is 13.2. The molecule has 0 unspecified atom stereocenters. The molecule has 1 aliphatic rings. The van der Waals surface area contributed by atoms with E-state index < -0.39 is 18.2 Å². The molecule has 0 spiro atoms. The number of aliphatic hydroxyl groups excluding tert-OH is 1. The molecular weight excluding hydrogens is 328 g/mol. The number of aliphatic hydroxyl groups is 1. The smallest absolute Gasteiger partial charge is 0.228 e. The standard InChI is InChI=1S/C18H15F2N3O2/c19-13-5-3-12(9-24)16(17(13)20)11-4-6-15-21-14(8-23(15)7-11)22-18(25)10-1-2-10/h3-8,10,24H,1-2,9H2,(H,22,25). The van der Waals surface area contributed by atoms with E-state index in [0.29, 0.717) is 22.6 Å². The number of carbonyl (C=O) groups is 1. The average Bonchev–Trinajstić information content (AvgIpc) is 3.37. The number of aromatic nitrogens is 2. The van der Waals surface area contributed by atoms with Crippen molar-refractivity contribution in [2.24, 2.45) is 5.92 Å². The third kappa shape index (κ3) is 2.87. The molecule has 0 aliphatic heterocycles. The second-order valence-corrected chi connectivity index (χ2v) is 6.13. The highest BCUT2D eigenvalue weighted by Gasteiger charge is 2.30. The second kappa shape index (κ2) is 5.93. The van der Waals surface area contributed by atoms with Gasteiger partial charge in [0.2, 0.25) is 5.91 Å². The van der Waals surface area contributed by atoms with Crippen molar-refractivity contribution in [1.82, 2.24) is 9.38 Å². The molecule has 0 bridgehead atoms. The number of nitrogens with one attached hydrogen (secondary N) is 1. The Bertz CT molecular complexity index is 980. The van der Waals surface area contributed by atoms with Crippen LogP contribution in [0.1, 0.15) is 18.4 Å². The fraction of sp³-hybridized carbons (Fsp3) is 0.222. The summed E-state index contributed by atoms with van der Waals surface area (Å²) >= 11 is 0. The molecule has 0 saturated heterocycles. The molecule has 2 N–H and O–H groups in total. The van der Waals surface area contributed by atoms with E-state index in [1.165, 1.54) is 6.07 Å². The first-order chi connectivity index (χ1) is 12.1. The highest BCUT2D eigenvalue weighted by Crippen LogP contribution is 2.31. The van der Waals surface area contributed by atoms with E-state index in [9.17, 15) is 18.7 Å². The van der Waals surface area contributed by atoms with Crippen molar-refractivity contribution in [3.05, 3.63) is 53.9 Å². The maximum Gasteiger partial charge on any atom is 0.228 e. The number of imidazole rings is 1. The van der Waals surface area contributed by atoms with E-state index >= 15 is 0 Å². The van der Waals surface area contributed by atoms with Gasteiger partial charge >= 0.3 is 0 Å². The number of halogens is 2. The van der Waals surface area contributed by atoms with Gasteiger partial charge in [0.1, 0.15) is 5.65 Å². The van der Waals surface area contributed by atoms with Crippen LogP contribution in [-0.2, 0) is 11.4 Å². The van der Waals surface area contributed by atoms with E-state index in [4.69, 9.17) is 0 Å². The minimum atomic E-state index is -1.01. The summed E-state index contributed by atoms with van der Waals surface area (Å²) in [5.41, 5.74) is 1.28. The minimum Gasteiger partial charge on any atom is -0.392 e. The predicted octanol–water partition coefficient (Wildman–Crippen LogP) is 3.12. The van der Waals surface area contributed by atoms with Crippen molar-refractivity contribution >= 4 is 17.4 Å². The van der Waals surface area contributed by atoms with Gasteiger partial charge in [-0.05, 0) is 36.6 Å². The highest BCUT2D eigenvalue weighted by atomic mass is 19.2. The number of pyridine rings is 1. The highest BCUT2D eigenvalue weighted by molar-refractivity contribution is 5.93. The molecule has 0 atom stereocenters. The van der Waals surface area contributed by atoms with Crippen LogP contribution in [0.5, 0.6) is 0 Å². The Morgan fingerprint density at radius 1 is 1.24 bits per heavy atom. The Balaban J connectivity index is 1.74. The van der Waals surface area contributed by atoms with Crippen molar-refractivity contribution in [1.29, 1.82) is 0 Å². The second-order valence-electron chi connectivity index (χ2n) is 6.13. The van der Waals surface area contributed by atoms with Crippen LogP contribution >= 0.6 is 0 Å². The lowest BCUT2D eigenvalue weighted by atomic mass is 10.0. The van der Waals surface area contributed by atoms with Gasteiger partial charge in [0, 0.05) is 23.2 Å². The van der Waals surface area contributed by atoms with Gasteiger partial charge in [0.15, 0.2) is 17.5 Å². The van der Waals surface area contributed by atoms with E-state index in [1.54, 1.807) is 28.9 Å². The molecule has 7 heteroatoms. The first-order valence-electron chi connectivity index (χ1n) is 7.94. The Morgan fingerprint density at radius 2 is 2.04 bits per heavy atom. The molecule has 25 heavy (non-hydrogen) atoms. The van der Waals surface area contributed by atoms with Crippen LogP contribution in [0.25, 0.3) is 16.8 Å². The van der Waals surface area contributed by atoms with Crippen LogP contribution in [-0.4, -0.2) is 20.4 Å². The third-order valence-corrected chi connectivity index (χ3v) is 4.29. The number of hydrogen-bond acceptors (Lipinski definition) is 3. The molecule has 3 aromatic rings. The summed E-state index contributed by atoms with van der Waals surface area (Å²) in [7, 11) is 0. The molecule has 128 valence electrons. The largest absolute Gasteiger partial charge is 0.392 e. The fourth-order valence-corrected chi connectivity index (χ4v) is 2.81. The van der Waals surface area contributed by atoms with Crippen LogP contribution < -0.4 is 5.32 Å². The molecule has 1 amide bonds. The number of hydrogen-bond donors (Lipinski definition) is 2. The Morgan fingerprint density at radius 3 is 2.76 bits per heavy atom. The van der Waals surface area contributed by atoms with Crippen LogP contribution in [0.15, 0.2) is 36.7 Å².